The summed E-state index contributed by atoms with van der Waals surface area (Å²) in [6, 6.07) is -0.00999. The third kappa shape index (κ3) is 7.30. The summed E-state index contributed by atoms with van der Waals surface area (Å²) in [5.41, 5.74) is -0.525. The van der Waals surface area contributed by atoms with Gasteiger partial charge in [0.1, 0.15) is 5.60 Å². The molecule has 0 aliphatic carbocycles. The quantitative estimate of drug-likeness (QED) is 0.586. The van der Waals surface area contributed by atoms with Crippen LogP contribution < -0.4 is 15.0 Å². The smallest absolute Gasteiger partial charge is 0.407 e. The van der Waals surface area contributed by atoms with Gasteiger partial charge in [0.25, 0.3) is 0 Å². The Hall–Kier alpha value is -3.44. The highest BCUT2D eigenvalue weighted by molar-refractivity contribution is 5.89. The number of nitrogens with zero attached hydrogens (tertiary/aromatic N) is 6. The zero-order valence-electron chi connectivity index (χ0n) is 22.3. The Kier molecular flexibility index (Phi) is 8.13. The van der Waals surface area contributed by atoms with Crippen LogP contribution in [-0.4, -0.2) is 81.4 Å². The molecule has 2 fully saturated rings. The van der Waals surface area contributed by atoms with Crippen molar-refractivity contribution in [3.63, 3.8) is 0 Å². The normalized spacial score (nSPS) is 18.8. The first kappa shape index (κ1) is 26.6. The van der Waals surface area contributed by atoms with Gasteiger partial charge in [-0.15, -0.1) is 0 Å². The van der Waals surface area contributed by atoms with Crippen molar-refractivity contribution < 1.29 is 23.6 Å². The number of piperidine rings is 1. The maximum Gasteiger partial charge on any atom is 0.407 e. The molecule has 202 valence electrons. The van der Waals surface area contributed by atoms with Crippen molar-refractivity contribution in [2.45, 2.75) is 71.4 Å². The van der Waals surface area contributed by atoms with E-state index in [1.54, 1.807) is 17.3 Å². The molecule has 0 radical (unpaired) electrons. The first-order valence-electron chi connectivity index (χ1n) is 12.9. The molecule has 0 unspecified atom stereocenters. The van der Waals surface area contributed by atoms with E-state index >= 15 is 0 Å². The number of carbonyl (C=O) groups is 2. The number of ether oxygens (including phenoxy) is 2. The van der Waals surface area contributed by atoms with E-state index in [4.69, 9.17) is 14.0 Å². The zero-order valence-corrected chi connectivity index (χ0v) is 22.3. The summed E-state index contributed by atoms with van der Waals surface area (Å²) in [6.07, 6.45) is 5.41. The average molecular weight is 516 g/mol. The number of likely N-dealkylation sites (tertiary alicyclic amines) is 1. The number of amides is 2. The van der Waals surface area contributed by atoms with Crippen molar-refractivity contribution in [3.8, 4) is 5.75 Å². The molecule has 2 aliphatic heterocycles. The van der Waals surface area contributed by atoms with Gasteiger partial charge < -0.3 is 29.1 Å². The van der Waals surface area contributed by atoms with E-state index in [0.29, 0.717) is 49.7 Å². The van der Waals surface area contributed by atoms with Gasteiger partial charge in [0.15, 0.2) is 11.6 Å². The van der Waals surface area contributed by atoms with E-state index < -0.39 is 11.7 Å². The van der Waals surface area contributed by atoms with Gasteiger partial charge in [-0.2, -0.15) is 4.98 Å². The maximum absolute atomic E-state index is 12.6. The summed E-state index contributed by atoms with van der Waals surface area (Å²) in [6.45, 7) is 12.6. The first-order chi connectivity index (χ1) is 17.6. The molecular weight excluding hydrogens is 478 g/mol. The third-order valence-corrected chi connectivity index (χ3v) is 6.34. The fraction of sp³-hybridized carbons (Fsp3) is 0.680. The lowest BCUT2D eigenvalue weighted by Gasteiger charge is -2.30. The molecule has 1 atom stereocenters. The minimum absolute atomic E-state index is 0.00999. The van der Waals surface area contributed by atoms with Crippen LogP contribution in [0, 0.1) is 5.92 Å². The highest BCUT2D eigenvalue weighted by Gasteiger charge is 2.29. The number of alkyl carbamates (subject to hydrolysis) is 1. The molecule has 2 aliphatic rings. The Morgan fingerprint density at radius 2 is 1.84 bits per heavy atom. The second-order valence-corrected chi connectivity index (χ2v) is 11.0. The third-order valence-electron chi connectivity index (χ3n) is 6.34. The molecule has 4 rings (SSSR count). The van der Waals surface area contributed by atoms with Gasteiger partial charge >= 0.3 is 17.9 Å². The first-order valence-corrected chi connectivity index (χ1v) is 12.9. The molecule has 2 aromatic rings. The number of rotatable bonds is 7. The number of hydrogen-bond donors (Lipinski definition) is 1. The second-order valence-electron chi connectivity index (χ2n) is 11.0. The maximum atomic E-state index is 12.6. The topological polar surface area (TPSA) is 136 Å². The second kappa shape index (κ2) is 11.3. The molecule has 0 spiro atoms. The van der Waals surface area contributed by atoms with E-state index in [2.05, 4.69) is 25.4 Å². The number of nitrogens with one attached hydrogen (secondary N) is 1. The predicted molar refractivity (Wildman–Crippen MR) is 135 cm³/mol. The van der Waals surface area contributed by atoms with Crippen molar-refractivity contribution in [3.05, 3.63) is 24.1 Å². The Bertz CT molecular complexity index is 1060. The average Bonchev–Trinajstić information content (AvgIpc) is 3.52. The van der Waals surface area contributed by atoms with Crippen LogP contribution >= 0.6 is 0 Å². The van der Waals surface area contributed by atoms with Gasteiger partial charge in [-0.3, -0.25) is 4.79 Å². The van der Waals surface area contributed by atoms with Gasteiger partial charge in [0, 0.05) is 32.1 Å². The molecule has 0 aromatic carbocycles. The van der Waals surface area contributed by atoms with Gasteiger partial charge in [-0.1, -0.05) is 19.0 Å². The van der Waals surface area contributed by atoms with E-state index in [1.807, 2.05) is 39.5 Å². The Morgan fingerprint density at radius 3 is 2.46 bits per heavy atom. The Balaban J connectivity index is 1.18. The molecule has 2 saturated heterocycles. The molecule has 2 amide bonds. The highest BCUT2D eigenvalue weighted by atomic mass is 16.6. The van der Waals surface area contributed by atoms with E-state index in [1.165, 1.54) is 0 Å². The van der Waals surface area contributed by atoms with Gasteiger partial charge in [0.05, 0.1) is 25.0 Å². The van der Waals surface area contributed by atoms with Crippen LogP contribution in [0.3, 0.4) is 0 Å². The number of hydrogen-bond acceptors (Lipinski definition) is 10. The molecular formula is C25H37N7O5. The predicted octanol–water partition coefficient (Wildman–Crippen LogP) is 3.02. The fourth-order valence-corrected chi connectivity index (χ4v) is 4.29. The van der Waals surface area contributed by atoms with Crippen LogP contribution in [0.1, 0.15) is 76.3 Å². The molecule has 0 saturated carbocycles. The van der Waals surface area contributed by atoms with Crippen LogP contribution in [0.5, 0.6) is 5.75 Å². The number of anilines is 1. The highest BCUT2D eigenvalue weighted by Crippen LogP contribution is 2.22. The molecule has 37 heavy (non-hydrogen) atoms. The summed E-state index contributed by atoms with van der Waals surface area (Å²) < 4.78 is 16.4. The molecule has 0 bridgehead atoms. The van der Waals surface area contributed by atoms with Crippen LogP contribution in [-0.2, 0) is 4.74 Å². The van der Waals surface area contributed by atoms with Crippen LogP contribution in [0.25, 0.3) is 0 Å². The fourth-order valence-electron chi connectivity index (χ4n) is 4.29. The lowest BCUT2D eigenvalue weighted by Crippen LogP contribution is -2.40. The largest absolute Gasteiger partial charge is 0.490 e. The summed E-state index contributed by atoms with van der Waals surface area (Å²) in [5, 5.41) is 6.79. The Labute approximate surface area is 217 Å². The Morgan fingerprint density at radius 1 is 1.14 bits per heavy atom. The minimum Gasteiger partial charge on any atom is -0.490 e. The van der Waals surface area contributed by atoms with E-state index in [0.717, 1.165) is 25.8 Å². The summed E-state index contributed by atoms with van der Waals surface area (Å²) in [4.78, 5) is 41.6. The number of carbonyl (C=O) groups excluding carboxylic acids is 2. The van der Waals surface area contributed by atoms with Crippen molar-refractivity contribution in [2.24, 2.45) is 5.92 Å². The standard InChI is InChI=1S/C25H37N7O5/c1-16(2)20-29-21(37-30-20)22(33)31-9-6-17(7-10-31)15-35-19-12-26-23(27-13-19)32-11-8-18(14-32)28-24(34)36-25(3,4)5/h12-13,16-18H,6-11,14-15H2,1-5H3,(H,28,34)/t18-/m1/s1. The molecule has 1 N–H and O–H groups in total. The van der Waals surface area contributed by atoms with Crippen LogP contribution in [0.2, 0.25) is 0 Å². The van der Waals surface area contributed by atoms with Gasteiger partial charge in [-0.25, -0.2) is 14.8 Å². The summed E-state index contributed by atoms with van der Waals surface area (Å²) in [7, 11) is 0. The SMILES string of the molecule is CC(C)c1noc(C(=O)N2CCC(COc3cnc(N4CC[C@@H](NC(=O)OC(C)(C)C)C4)nc3)CC2)n1. The van der Waals surface area contributed by atoms with Crippen molar-refractivity contribution in [2.75, 3.05) is 37.7 Å². The molecule has 4 heterocycles. The zero-order chi connectivity index (χ0) is 26.6. The van der Waals surface area contributed by atoms with Crippen molar-refractivity contribution in [1.82, 2.24) is 30.3 Å². The molecule has 2 aromatic heterocycles. The lowest BCUT2D eigenvalue weighted by molar-refractivity contribution is 0.0508. The minimum atomic E-state index is -0.525. The van der Waals surface area contributed by atoms with E-state index in [9.17, 15) is 9.59 Å². The van der Waals surface area contributed by atoms with Gasteiger partial charge in [-0.05, 0) is 46.0 Å². The lowest BCUT2D eigenvalue weighted by atomic mass is 9.98. The number of aromatic nitrogens is 4. The van der Waals surface area contributed by atoms with Gasteiger partial charge in [0.2, 0.25) is 5.95 Å². The van der Waals surface area contributed by atoms with Crippen molar-refractivity contribution in [1.29, 1.82) is 0 Å². The van der Waals surface area contributed by atoms with Crippen LogP contribution in [0.15, 0.2) is 16.9 Å². The molecule has 12 nitrogen and oxygen atoms in total. The van der Waals surface area contributed by atoms with E-state index in [-0.39, 0.29) is 23.8 Å². The summed E-state index contributed by atoms with van der Waals surface area (Å²) in [5.74, 6) is 2.04. The van der Waals surface area contributed by atoms with Crippen molar-refractivity contribution >= 4 is 17.9 Å². The summed E-state index contributed by atoms with van der Waals surface area (Å²) >= 11 is 0. The monoisotopic (exact) mass is 515 g/mol. The van der Waals surface area contributed by atoms with Crippen LogP contribution in [0.4, 0.5) is 10.7 Å². The molecule has 12 heteroatoms.